The van der Waals surface area contributed by atoms with Gasteiger partial charge in [-0.3, -0.25) is 4.79 Å². The maximum Gasteiger partial charge on any atom is 0.420 e. The van der Waals surface area contributed by atoms with Gasteiger partial charge in [0.05, 0.1) is 12.8 Å². The van der Waals surface area contributed by atoms with Crippen molar-refractivity contribution in [2.75, 3.05) is 12.0 Å². The zero-order valence-electron chi connectivity index (χ0n) is 7.14. The maximum atomic E-state index is 11.0. The van der Waals surface area contributed by atoms with Crippen molar-refractivity contribution in [3.8, 4) is 0 Å². The second-order valence-electron chi connectivity index (χ2n) is 2.28. The van der Waals surface area contributed by atoms with Crippen LogP contribution in [-0.2, 0) is 9.53 Å². The summed E-state index contributed by atoms with van der Waals surface area (Å²) in [4.78, 5) is 22.4. The van der Waals surface area contributed by atoms with Gasteiger partial charge in [-0.15, -0.1) is 0 Å². The van der Waals surface area contributed by atoms with Gasteiger partial charge >= 0.3 is 6.09 Å². The Labute approximate surface area is 75.7 Å². The minimum absolute atomic E-state index is 0.418. The molecule has 0 aliphatic carbocycles. The number of methoxy groups -OCH3 is 1. The zero-order chi connectivity index (χ0) is 9.68. The SMILES string of the molecule is COC(=O)N(C=O)c1ccccc1. The summed E-state index contributed by atoms with van der Waals surface area (Å²) in [5.41, 5.74) is 0.490. The molecule has 68 valence electrons. The molecule has 0 bridgehead atoms. The molecule has 0 aliphatic heterocycles. The Morgan fingerprint density at radius 2 is 2.00 bits per heavy atom. The van der Waals surface area contributed by atoms with Gasteiger partial charge in [-0.25, -0.2) is 9.69 Å². The molecule has 13 heavy (non-hydrogen) atoms. The predicted molar refractivity (Wildman–Crippen MR) is 47.4 cm³/mol. The van der Waals surface area contributed by atoms with Crippen molar-refractivity contribution in [3.63, 3.8) is 0 Å². The molecule has 1 aromatic carbocycles. The fourth-order valence-corrected chi connectivity index (χ4v) is 0.896. The molecule has 0 spiro atoms. The van der Waals surface area contributed by atoms with E-state index in [9.17, 15) is 9.59 Å². The summed E-state index contributed by atoms with van der Waals surface area (Å²) in [6.07, 6.45) is -0.276. The predicted octanol–water partition coefficient (Wildman–Crippen LogP) is 1.42. The van der Waals surface area contributed by atoms with Gasteiger partial charge in [0, 0.05) is 0 Å². The molecular formula is C9H9NO3. The summed E-state index contributed by atoms with van der Waals surface area (Å²) in [6.45, 7) is 0. The van der Waals surface area contributed by atoms with Crippen LogP contribution in [0.1, 0.15) is 0 Å². The van der Waals surface area contributed by atoms with Crippen LogP contribution in [0.25, 0.3) is 0 Å². The standard InChI is InChI=1S/C9H9NO3/c1-13-9(12)10(7-11)8-5-3-2-4-6-8/h2-7H,1H3. The maximum absolute atomic E-state index is 11.0. The van der Waals surface area contributed by atoms with Crippen molar-refractivity contribution in [2.45, 2.75) is 0 Å². The van der Waals surface area contributed by atoms with Crippen molar-refractivity contribution in [1.29, 1.82) is 0 Å². The average Bonchev–Trinajstić information content (AvgIpc) is 2.20. The van der Waals surface area contributed by atoms with Gasteiger partial charge in [0.25, 0.3) is 0 Å². The smallest absolute Gasteiger partial charge is 0.420 e. The van der Waals surface area contributed by atoms with Gasteiger partial charge in [0.2, 0.25) is 6.41 Å². The number of hydrogen-bond donors (Lipinski definition) is 0. The summed E-state index contributed by atoms with van der Waals surface area (Å²) < 4.78 is 4.41. The number of imide groups is 1. The largest absolute Gasteiger partial charge is 0.452 e. The van der Waals surface area contributed by atoms with E-state index in [0.29, 0.717) is 12.1 Å². The Morgan fingerprint density at radius 3 is 2.46 bits per heavy atom. The van der Waals surface area contributed by atoms with E-state index in [1.165, 1.54) is 7.11 Å². The molecule has 0 atom stereocenters. The van der Waals surface area contributed by atoms with E-state index in [0.717, 1.165) is 4.90 Å². The minimum Gasteiger partial charge on any atom is -0.452 e. The highest BCUT2D eigenvalue weighted by Crippen LogP contribution is 2.11. The van der Waals surface area contributed by atoms with Crippen molar-refractivity contribution in [2.24, 2.45) is 0 Å². The molecule has 1 aromatic rings. The highest BCUT2D eigenvalue weighted by Gasteiger charge is 2.13. The highest BCUT2D eigenvalue weighted by molar-refractivity contribution is 6.02. The van der Waals surface area contributed by atoms with Crippen LogP contribution in [-0.4, -0.2) is 19.6 Å². The summed E-state index contributed by atoms with van der Waals surface area (Å²) in [5, 5.41) is 0. The van der Waals surface area contributed by atoms with Crippen molar-refractivity contribution < 1.29 is 14.3 Å². The van der Waals surface area contributed by atoms with E-state index in [1.807, 2.05) is 0 Å². The number of carbonyl (C=O) groups is 2. The molecule has 4 nitrogen and oxygen atoms in total. The first-order chi connectivity index (χ1) is 6.29. The lowest BCUT2D eigenvalue weighted by atomic mass is 10.3. The molecule has 0 saturated heterocycles. The number of ether oxygens (including phenoxy) is 1. The van der Waals surface area contributed by atoms with Crippen molar-refractivity contribution in [3.05, 3.63) is 30.3 Å². The Morgan fingerprint density at radius 1 is 1.38 bits per heavy atom. The first kappa shape index (κ1) is 9.25. The summed E-state index contributed by atoms with van der Waals surface area (Å²) in [5.74, 6) is 0. The topological polar surface area (TPSA) is 46.6 Å². The number of benzene rings is 1. The van der Waals surface area contributed by atoms with Crippen LogP contribution in [0.5, 0.6) is 0 Å². The third kappa shape index (κ3) is 2.05. The average molecular weight is 179 g/mol. The van der Waals surface area contributed by atoms with Crippen LogP contribution in [0.15, 0.2) is 30.3 Å². The lowest BCUT2D eigenvalue weighted by Gasteiger charge is -2.12. The Bertz CT molecular complexity index is 297. The fourth-order valence-electron chi connectivity index (χ4n) is 0.896. The molecule has 0 aromatic heterocycles. The van der Waals surface area contributed by atoms with Crippen LogP contribution in [0, 0.1) is 0 Å². The minimum atomic E-state index is -0.693. The molecule has 1 rings (SSSR count). The monoisotopic (exact) mass is 179 g/mol. The number of anilines is 1. The van der Waals surface area contributed by atoms with Crippen LogP contribution < -0.4 is 4.90 Å². The molecule has 0 saturated carbocycles. The van der Waals surface area contributed by atoms with Gasteiger partial charge in [-0.05, 0) is 12.1 Å². The lowest BCUT2D eigenvalue weighted by molar-refractivity contribution is -0.107. The Hall–Kier alpha value is -1.84. The molecule has 0 aliphatic rings. The van der Waals surface area contributed by atoms with Crippen LogP contribution >= 0.6 is 0 Å². The van der Waals surface area contributed by atoms with Gasteiger partial charge in [-0.1, -0.05) is 18.2 Å². The molecular weight excluding hydrogens is 170 g/mol. The molecule has 0 N–H and O–H groups in total. The highest BCUT2D eigenvalue weighted by atomic mass is 16.5. The Kier molecular flexibility index (Phi) is 3.03. The number of para-hydroxylation sites is 1. The number of amides is 2. The number of hydrogen-bond acceptors (Lipinski definition) is 3. The zero-order valence-corrected chi connectivity index (χ0v) is 7.14. The van der Waals surface area contributed by atoms with E-state index < -0.39 is 6.09 Å². The second-order valence-corrected chi connectivity index (χ2v) is 2.28. The van der Waals surface area contributed by atoms with E-state index in [1.54, 1.807) is 30.3 Å². The van der Waals surface area contributed by atoms with Gasteiger partial charge < -0.3 is 4.74 Å². The lowest BCUT2D eigenvalue weighted by Crippen LogP contribution is -2.28. The van der Waals surface area contributed by atoms with Crippen molar-refractivity contribution in [1.82, 2.24) is 0 Å². The van der Waals surface area contributed by atoms with Crippen LogP contribution in [0.4, 0.5) is 10.5 Å². The molecule has 2 amide bonds. The third-order valence-electron chi connectivity index (χ3n) is 1.51. The number of nitrogens with zero attached hydrogens (tertiary/aromatic N) is 1. The number of carbonyl (C=O) groups excluding carboxylic acids is 2. The normalized spacial score (nSPS) is 9.00. The summed E-state index contributed by atoms with van der Waals surface area (Å²) in [7, 11) is 1.22. The number of rotatable bonds is 2. The van der Waals surface area contributed by atoms with Gasteiger partial charge in [-0.2, -0.15) is 0 Å². The van der Waals surface area contributed by atoms with Crippen LogP contribution in [0.2, 0.25) is 0 Å². The van der Waals surface area contributed by atoms with Gasteiger partial charge in [0.15, 0.2) is 0 Å². The van der Waals surface area contributed by atoms with Crippen molar-refractivity contribution >= 4 is 18.2 Å². The first-order valence-electron chi connectivity index (χ1n) is 3.67. The molecule has 4 heteroatoms. The first-order valence-corrected chi connectivity index (χ1v) is 3.67. The van der Waals surface area contributed by atoms with Gasteiger partial charge in [0.1, 0.15) is 0 Å². The fraction of sp³-hybridized carbons (Fsp3) is 0.111. The summed E-state index contributed by atoms with van der Waals surface area (Å²) >= 11 is 0. The molecule has 0 fully saturated rings. The summed E-state index contributed by atoms with van der Waals surface area (Å²) in [6, 6.07) is 8.55. The molecule has 0 unspecified atom stereocenters. The van der Waals surface area contributed by atoms with E-state index in [4.69, 9.17) is 0 Å². The Balaban J connectivity index is 2.91. The molecule has 0 radical (unpaired) electrons. The third-order valence-corrected chi connectivity index (χ3v) is 1.51. The van der Waals surface area contributed by atoms with E-state index in [2.05, 4.69) is 4.74 Å². The molecule has 0 heterocycles. The quantitative estimate of drug-likeness (QED) is 0.645. The van der Waals surface area contributed by atoms with Crippen LogP contribution in [0.3, 0.4) is 0 Å². The van der Waals surface area contributed by atoms with E-state index in [-0.39, 0.29) is 0 Å². The van der Waals surface area contributed by atoms with E-state index >= 15 is 0 Å². The second kappa shape index (κ2) is 4.25.